The van der Waals surface area contributed by atoms with Crippen LogP contribution in [0.2, 0.25) is 0 Å². The molecule has 2 aliphatic heterocycles. The van der Waals surface area contributed by atoms with E-state index in [1.54, 1.807) is 0 Å². The molecule has 0 aliphatic carbocycles. The van der Waals surface area contributed by atoms with Crippen molar-refractivity contribution in [3.8, 4) is 0 Å². The summed E-state index contributed by atoms with van der Waals surface area (Å²) >= 11 is 1.82. The van der Waals surface area contributed by atoms with Crippen molar-refractivity contribution in [2.24, 2.45) is 0 Å². The van der Waals surface area contributed by atoms with E-state index in [-0.39, 0.29) is 31.1 Å². The Labute approximate surface area is 152 Å². The van der Waals surface area contributed by atoms with E-state index in [0.717, 1.165) is 31.4 Å². The highest BCUT2D eigenvalue weighted by Gasteiger charge is 2.42. The second-order valence-electron chi connectivity index (χ2n) is 6.34. The molecule has 25 heavy (non-hydrogen) atoms. The molecule has 2 saturated heterocycles. The summed E-state index contributed by atoms with van der Waals surface area (Å²) in [5, 5.41) is 6.15. The van der Waals surface area contributed by atoms with Crippen LogP contribution in [-0.4, -0.2) is 46.6 Å². The molecule has 2 fully saturated rings. The number of hydrogen-bond donors (Lipinski definition) is 3. The summed E-state index contributed by atoms with van der Waals surface area (Å²) in [7, 11) is -4.29. The van der Waals surface area contributed by atoms with E-state index < -0.39 is 13.8 Å². The van der Waals surface area contributed by atoms with Gasteiger partial charge in [0.15, 0.2) is 0 Å². The lowest BCUT2D eigenvalue weighted by Gasteiger charge is -2.16. The van der Waals surface area contributed by atoms with Crippen molar-refractivity contribution in [3.05, 3.63) is 0 Å². The van der Waals surface area contributed by atoms with Crippen molar-refractivity contribution in [2.75, 3.05) is 12.4 Å². The summed E-state index contributed by atoms with van der Waals surface area (Å²) in [4.78, 5) is 32.5. The van der Waals surface area contributed by atoms with E-state index in [4.69, 9.17) is 4.52 Å². The number of hydrogen-bond acceptors (Lipinski definition) is 6. The Hall–Kier alpha value is -0.760. The third kappa shape index (κ3) is 6.81. The average molecular weight is 394 g/mol. The van der Waals surface area contributed by atoms with Gasteiger partial charge in [0, 0.05) is 17.4 Å². The Morgan fingerprint density at radius 1 is 1.32 bits per heavy atom. The zero-order valence-electron chi connectivity index (χ0n) is 14.4. The molecule has 2 heterocycles. The zero-order valence-corrected chi connectivity index (χ0v) is 16.2. The molecule has 1 unspecified atom stereocenters. The first-order chi connectivity index (χ1) is 11.9. The van der Waals surface area contributed by atoms with Gasteiger partial charge in [0.1, 0.15) is 0 Å². The van der Waals surface area contributed by atoms with Crippen molar-refractivity contribution < 1.29 is 28.1 Å². The fourth-order valence-electron chi connectivity index (χ4n) is 2.99. The van der Waals surface area contributed by atoms with E-state index in [1.807, 2.05) is 18.7 Å². The SMILES string of the molecule is CCCCCOP(=O)(O)OC(=O)CCCC[C@@H]1SC[C@@H]2NC(=O)N[C@@H]21. The van der Waals surface area contributed by atoms with Gasteiger partial charge in [-0.25, -0.2) is 9.36 Å². The Morgan fingerprint density at radius 2 is 2.12 bits per heavy atom. The number of rotatable bonds is 11. The number of unbranched alkanes of at least 4 members (excludes halogenated alkanes) is 3. The molecule has 0 spiro atoms. The molecule has 8 nitrogen and oxygen atoms in total. The largest absolute Gasteiger partial charge is 0.529 e. The number of fused-ring (bicyclic) bond motifs is 1. The third-order valence-electron chi connectivity index (χ3n) is 4.28. The van der Waals surface area contributed by atoms with E-state index in [0.29, 0.717) is 18.1 Å². The van der Waals surface area contributed by atoms with Crippen LogP contribution in [0.5, 0.6) is 0 Å². The second-order valence-corrected chi connectivity index (χ2v) is 8.99. The molecule has 144 valence electrons. The number of phosphoric acid groups is 1. The molecule has 3 N–H and O–H groups in total. The van der Waals surface area contributed by atoms with E-state index in [9.17, 15) is 19.0 Å². The van der Waals surface area contributed by atoms with Gasteiger partial charge in [-0.1, -0.05) is 26.2 Å². The summed E-state index contributed by atoms with van der Waals surface area (Å²) in [6.07, 6.45) is 4.85. The van der Waals surface area contributed by atoms with Gasteiger partial charge in [-0.05, 0) is 19.3 Å². The van der Waals surface area contributed by atoms with E-state index in [1.165, 1.54) is 0 Å². The first-order valence-electron chi connectivity index (χ1n) is 8.79. The lowest BCUT2D eigenvalue weighted by Crippen LogP contribution is -2.36. The Morgan fingerprint density at radius 3 is 2.88 bits per heavy atom. The lowest BCUT2D eigenvalue weighted by molar-refractivity contribution is -0.136. The molecule has 2 aliphatic rings. The van der Waals surface area contributed by atoms with Crippen LogP contribution < -0.4 is 10.6 Å². The van der Waals surface area contributed by atoms with Crippen LogP contribution in [0.3, 0.4) is 0 Å². The van der Waals surface area contributed by atoms with Gasteiger partial charge < -0.3 is 15.2 Å². The minimum Gasteiger partial charge on any atom is -0.371 e. The molecule has 0 aromatic carbocycles. The minimum atomic E-state index is -4.29. The van der Waals surface area contributed by atoms with Crippen molar-refractivity contribution in [3.63, 3.8) is 0 Å². The normalized spacial score (nSPS) is 27.3. The maximum absolute atomic E-state index is 11.7. The maximum Gasteiger partial charge on any atom is 0.529 e. The molecule has 0 radical (unpaired) electrons. The van der Waals surface area contributed by atoms with Gasteiger partial charge in [0.05, 0.1) is 18.7 Å². The van der Waals surface area contributed by atoms with Crippen LogP contribution in [0.15, 0.2) is 0 Å². The number of carbonyl (C=O) groups is 2. The highest BCUT2D eigenvalue weighted by Crippen LogP contribution is 2.44. The Bertz CT molecular complexity index is 520. The first kappa shape index (κ1) is 20.6. The van der Waals surface area contributed by atoms with Crippen LogP contribution in [0, 0.1) is 0 Å². The molecule has 0 bridgehead atoms. The van der Waals surface area contributed by atoms with E-state index in [2.05, 4.69) is 15.2 Å². The molecule has 10 heteroatoms. The van der Waals surface area contributed by atoms with Gasteiger partial charge in [0.25, 0.3) is 0 Å². The molecule has 4 atom stereocenters. The monoisotopic (exact) mass is 394 g/mol. The fourth-order valence-corrected chi connectivity index (χ4v) is 5.30. The third-order valence-corrected chi connectivity index (χ3v) is 6.73. The van der Waals surface area contributed by atoms with Crippen molar-refractivity contribution in [1.29, 1.82) is 0 Å². The van der Waals surface area contributed by atoms with Gasteiger partial charge >= 0.3 is 19.8 Å². The van der Waals surface area contributed by atoms with E-state index >= 15 is 0 Å². The molecule has 2 rings (SSSR count). The fraction of sp³-hybridized carbons (Fsp3) is 0.867. The number of carbonyl (C=O) groups excluding carboxylic acids is 2. The van der Waals surface area contributed by atoms with Crippen molar-refractivity contribution in [2.45, 2.75) is 69.2 Å². The Balaban J connectivity index is 1.57. The van der Waals surface area contributed by atoms with Gasteiger partial charge in [-0.3, -0.25) is 14.2 Å². The average Bonchev–Trinajstić information content (AvgIpc) is 3.07. The smallest absolute Gasteiger partial charge is 0.371 e. The predicted octanol–water partition coefficient (Wildman–Crippen LogP) is 2.56. The van der Waals surface area contributed by atoms with Crippen LogP contribution in [0.1, 0.15) is 51.9 Å². The summed E-state index contributed by atoms with van der Waals surface area (Å²) in [5.74, 6) is 0.188. The lowest BCUT2D eigenvalue weighted by atomic mass is 10.0. The van der Waals surface area contributed by atoms with Gasteiger partial charge in [-0.2, -0.15) is 11.8 Å². The van der Waals surface area contributed by atoms with Crippen molar-refractivity contribution >= 4 is 31.6 Å². The minimum absolute atomic E-state index is 0.0823. The van der Waals surface area contributed by atoms with Crippen molar-refractivity contribution in [1.82, 2.24) is 10.6 Å². The maximum atomic E-state index is 11.7. The highest BCUT2D eigenvalue weighted by molar-refractivity contribution is 8.00. The summed E-state index contributed by atoms with van der Waals surface area (Å²) in [6, 6.07) is 0.234. The van der Waals surface area contributed by atoms with Crippen LogP contribution >= 0.6 is 19.6 Å². The number of phosphoric ester groups is 1. The number of urea groups is 1. The van der Waals surface area contributed by atoms with Crippen LogP contribution in [-0.2, 0) is 18.4 Å². The van der Waals surface area contributed by atoms with Gasteiger partial charge in [-0.15, -0.1) is 0 Å². The highest BCUT2D eigenvalue weighted by atomic mass is 32.2. The Kier molecular flexibility index (Phi) is 8.06. The first-order valence-corrected chi connectivity index (χ1v) is 11.3. The topological polar surface area (TPSA) is 114 Å². The number of nitrogens with one attached hydrogen (secondary N) is 2. The molecule has 0 aromatic rings. The summed E-state index contributed by atoms with van der Waals surface area (Å²) < 4.78 is 20.9. The molecule has 0 saturated carbocycles. The van der Waals surface area contributed by atoms with Crippen LogP contribution in [0.25, 0.3) is 0 Å². The molecule has 2 amide bonds. The molecular weight excluding hydrogens is 367 g/mol. The standard InChI is InChI=1S/C15H27N2O6PS/c1-2-3-6-9-22-24(20,21)23-13(18)8-5-4-7-12-14-11(10-25-12)16-15(19)17-14/h11-12,14H,2-10H2,1H3,(H,20,21)(H2,16,17,19)/t11-,12-,14-/m0/s1. The summed E-state index contributed by atoms with van der Waals surface area (Å²) in [5.41, 5.74) is 0. The second kappa shape index (κ2) is 9.80. The number of amides is 2. The molecular formula is C15H27N2O6PS. The molecule has 0 aromatic heterocycles. The van der Waals surface area contributed by atoms with Gasteiger partial charge in [0.2, 0.25) is 0 Å². The summed E-state index contributed by atoms with van der Waals surface area (Å²) in [6.45, 7) is 2.12. The predicted molar refractivity (Wildman–Crippen MR) is 95.4 cm³/mol. The number of thioether (sulfide) groups is 1. The zero-order chi connectivity index (χ0) is 18.3. The quantitative estimate of drug-likeness (QED) is 0.280. The van der Waals surface area contributed by atoms with Crippen LogP contribution in [0.4, 0.5) is 4.79 Å².